The third kappa shape index (κ3) is 4.80. The van der Waals surface area contributed by atoms with Crippen LogP contribution in [-0.2, 0) is 0 Å². The average Bonchev–Trinajstić information content (AvgIpc) is 3.47. The van der Waals surface area contributed by atoms with Crippen LogP contribution in [0, 0.1) is 0 Å². The second kappa shape index (κ2) is 10.8. The summed E-state index contributed by atoms with van der Waals surface area (Å²) in [5, 5.41) is 2.33. The Kier molecular flexibility index (Phi) is 6.36. The van der Waals surface area contributed by atoms with E-state index in [0.717, 1.165) is 44.0 Å². The van der Waals surface area contributed by atoms with Crippen molar-refractivity contribution in [1.82, 2.24) is 9.97 Å². The molecule has 0 fully saturated rings. The van der Waals surface area contributed by atoms with E-state index in [1.807, 2.05) is 6.07 Å². The first-order valence-corrected chi connectivity index (χ1v) is 15.2. The number of benzene rings is 6. The molecule has 2 heterocycles. The second-order valence-electron chi connectivity index (χ2n) is 10.6. The molecule has 0 unspecified atom stereocenters. The summed E-state index contributed by atoms with van der Waals surface area (Å²) in [6, 6.07) is 55.6. The minimum atomic E-state index is 0.742. The van der Waals surface area contributed by atoms with Gasteiger partial charge in [0.25, 0.3) is 0 Å². The van der Waals surface area contributed by atoms with Gasteiger partial charge in [-0.1, -0.05) is 133 Å². The zero-order valence-electron chi connectivity index (χ0n) is 23.3. The van der Waals surface area contributed by atoms with Crippen molar-refractivity contribution in [2.24, 2.45) is 0 Å². The number of hydrogen-bond acceptors (Lipinski definition) is 3. The number of fused-ring (bicyclic) bond motifs is 3. The van der Waals surface area contributed by atoms with Crippen molar-refractivity contribution in [2.45, 2.75) is 0 Å². The van der Waals surface area contributed by atoms with Gasteiger partial charge >= 0.3 is 0 Å². The number of hydrogen-bond donors (Lipinski definition) is 0. The molecule has 8 aromatic rings. The van der Waals surface area contributed by atoms with Crippen LogP contribution < -0.4 is 0 Å². The van der Waals surface area contributed by atoms with Gasteiger partial charge in [0.2, 0.25) is 0 Å². The normalized spacial score (nSPS) is 11.3. The fourth-order valence-electron chi connectivity index (χ4n) is 5.78. The van der Waals surface area contributed by atoms with Gasteiger partial charge in [0.05, 0.1) is 5.69 Å². The van der Waals surface area contributed by atoms with Gasteiger partial charge in [-0.15, -0.1) is 11.3 Å². The van der Waals surface area contributed by atoms with E-state index in [1.54, 1.807) is 11.3 Å². The monoisotopic (exact) mass is 566 g/mol. The lowest BCUT2D eigenvalue weighted by Gasteiger charge is -2.10. The van der Waals surface area contributed by atoms with E-state index in [-0.39, 0.29) is 0 Å². The molecule has 0 N–H and O–H groups in total. The maximum Gasteiger partial charge on any atom is 0.161 e. The fraction of sp³-hybridized carbons (Fsp3) is 0. The van der Waals surface area contributed by atoms with Crippen LogP contribution >= 0.6 is 11.3 Å². The van der Waals surface area contributed by atoms with Gasteiger partial charge in [-0.3, -0.25) is 0 Å². The van der Waals surface area contributed by atoms with Gasteiger partial charge in [-0.05, 0) is 57.6 Å². The Balaban J connectivity index is 1.22. The highest BCUT2D eigenvalue weighted by Gasteiger charge is 2.17. The predicted octanol–water partition coefficient (Wildman–Crippen LogP) is 11.2. The fourth-order valence-corrected chi connectivity index (χ4v) is 6.86. The summed E-state index contributed by atoms with van der Waals surface area (Å²) in [6.45, 7) is 0. The predicted molar refractivity (Wildman–Crippen MR) is 182 cm³/mol. The zero-order valence-corrected chi connectivity index (χ0v) is 24.1. The first-order chi connectivity index (χ1) is 21.3. The SMILES string of the molecule is c1ccc(-c2cccc(-c3cccc(-c4cccc(-c5nc(-c6ccccc6)c6c(n5)sc5ccccc56)c4)c3)c2)cc1. The van der Waals surface area contributed by atoms with Crippen molar-refractivity contribution < 1.29 is 0 Å². The molecule has 43 heavy (non-hydrogen) atoms. The molecule has 0 aliphatic carbocycles. The third-order valence-corrected chi connectivity index (χ3v) is 8.97. The second-order valence-corrected chi connectivity index (χ2v) is 11.7. The molecule has 0 amide bonds. The van der Waals surface area contributed by atoms with Gasteiger partial charge < -0.3 is 0 Å². The molecule has 0 bridgehead atoms. The number of aromatic nitrogens is 2. The van der Waals surface area contributed by atoms with Crippen molar-refractivity contribution in [1.29, 1.82) is 0 Å². The van der Waals surface area contributed by atoms with Gasteiger partial charge in [-0.2, -0.15) is 0 Å². The smallest absolute Gasteiger partial charge is 0.161 e. The van der Waals surface area contributed by atoms with Crippen LogP contribution in [0.25, 0.3) is 76.3 Å². The molecule has 2 aromatic heterocycles. The molecule has 0 radical (unpaired) electrons. The molecule has 3 heteroatoms. The summed E-state index contributed by atoms with van der Waals surface area (Å²) in [6.07, 6.45) is 0. The summed E-state index contributed by atoms with van der Waals surface area (Å²) < 4.78 is 1.23. The molecule has 0 aliphatic heterocycles. The highest BCUT2D eigenvalue weighted by atomic mass is 32.1. The maximum atomic E-state index is 5.20. The highest BCUT2D eigenvalue weighted by Crippen LogP contribution is 2.40. The lowest BCUT2D eigenvalue weighted by molar-refractivity contribution is 1.24. The minimum absolute atomic E-state index is 0.742. The summed E-state index contributed by atoms with van der Waals surface area (Å²) >= 11 is 1.73. The summed E-state index contributed by atoms with van der Waals surface area (Å²) in [5.41, 5.74) is 10.2. The van der Waals surface area contributed by atoms with E-state index >= 15 is 0 Å². The van der Waals surface area contributed by atoms with E-state index in [4.69, 9.17) is 9.97 Å². The minimum Gasteiger partial charge on any atom is -0.227 e. The molecule has 202 valence electrons. The Morgan fingerprint density at radius 1 is 0.372 bits per heavy atom. The first kappa shape index (κ1) is 25.3. The molecule has 0 spiro atoms. The number of rotatable bonds is 5. The van der Waals surface area contributed by atoms with E-state index in [2.05, 4.69) is 152 Å². The van der Waals surface area contributed by atoms with Crippen LogP contribution in [0.5, 0.6) is 0 Å². The van der Waals surface area contributed by atoms with Crippen molar-refractivity contribution >= 4 is 31.6 Å². The van der Waals surface area contributed by atoms with E-state index in [1.165, 1.54) is 32.3 Å². The highest BCUT2D eigenvalue weighted by molar-refractivity contribution is 7.25. The Hall–Kier alpha value is -5.38. The summed E-state index contributed by atoms with van der Waals surface area (Å²) in [4.78, 5) is 11.3. The molecule has 0 saturated heterocycles. The average molecular weight is 567 g/mol. The Labute approximate surface area is 254 Å². The molecule has 0 aliphatic rings. The first-order valence-electron chi connectivity index (χ1n) is 14.4. The lowest BCUT2D eigenvalue weighted by Crippen LogP contribution is -1.94. The Morgan fingerprint density at radius 3 is 1.47 bits per heavy atom. The van der Waals surface area contributed by atoms with Gasteiger partial charge in [0.1, 0.15) is 4.83 Å². The van der Waals surface area contributed by atoms with Crippen LogP contribution in [-0.4, -0.2) is 9.97 Å². The third-order valence-electron chi connectivity index (χ3n) is 7.91. The standard InChI is InChI=1S/C40H26N2S/c1-3-12-27(13-4-1)29-16-9-17-30(24-29)31-18-10-19-32(25-31)33-20-11-21-34(26-33)39-41-38(28-14-5-2-6-15-28)37-35-22-7-8-23-36(35)43-40(37)42-39/h1-26H. The summed E-state index contributed by atoms with van der Waals surface area (Å²) in [7, 11) is 0. The van der Waals surface area contributed by atoms with Gasteiger partial charge in [0.15, 0.2) is 5.82 Å². The number of nitrogens with zero attached hydrogens (tertiary/aromatic N) is 2. The van der Waals surface area contributed by atoms with Crippen LogP contribution in [0.1, 0.15) is 0 Å². The molecule has 0 saturated carbocycles. The maximum absolute atomic E-state index is 5.20. The Morgan fingerprint density at radius 2 is 0.837 bits per heavy atom. The molecular formula is C40H26N2S. The van der Waals surface area contributed by atoms with E-state index in [0.29, 0.717) is 0 Å². The largest absolute Gasteiger partial charge is 0.227 e. The molecular weight excluding hydrogens is 541 g/mol. The molecule has 8 rings (SSSR count). The van der Waals surface area contributed by atoms with Crippen LogP contribution in [0.3, 0.4) is 0 Å². The summed E-state index contributed by atoms with van der Waals surface area (Å²) in [5.74, 6) is 0.742. The topological polar surface area (TPSA) is 25.8 Å². The molecule has 0 atom stereocenters. The van der Waals surface area contributed by atoms with Crippen LogP contribution in [0.15, 0.2) is 158 Å². The molecule has 6 aromatic carbocycles. The van der Waals surface area contributed by atoms with Crippen molar-refractivity contribution in [3.8, 4) is 56.0 Å². The van der Waals surface area contributed by atoms with Crippen molar-refractivity contribution in [3.63, 3.8) is 0 Å². The van der Waals surface area contributed by atoms with Crippen molar-refractivity contribution in [3.05, 3.63) is 158 Å². The lowest BCUT2D eigenvalue weighted by atomic mass is 9.95. The number of thiophene rings is 1. The van der Waals surface area contributed by atoms with Crippen LogP contribution in [0.2, 0.25) is 0 Å². The van der Waals surface area contributed by atoms with Crippen LogP contribution in [0.4, 0.5) is 0 Å². The van der Waals surface area contributed by atoms with Gasteiger partial charge in [-0.25, -0.2) is 9.97 Å². The Bertz CT molecular complexity index is 2230. The molecule has 2 nitrogen and oxygen atoms in total. The van der Waals surface area contributed by atoms with Gasteiger partial charge in [0, 0.05) is 26.6 Å². The van der Waals surface area contributed by atoms with E-state index < -0.39 is 0 Å². The zero-order chi connectivity index (χ0) is 28.6. The van der Waals surface area contributed by atoms with E-state index in [9.17, 15) is 0 Å². The quantitative estimate of drug-likeness (QED) is 0.207. The van der Waals surface area contributed by atoms with Crippen molar-refractivity contribution in [2.75, 3.05) is 0 Å².